The number of aromatic nitrogens is 4. The summed E-state index contributed by atoms with van der Waals surface area (Å²) in [6, 6.07) is 9.42. The monoisotopic (exact) mass is 361 g/mol. The number of carbonyl (C=O) groups is 1. The fourth-order valence-electron chi connectivity index (χ4n) is 3.40. The molecule has 4 aromatic rings. The number of H-pyrrole nitrogens is 1. The molecule has 1 atom stereocenters. The first-order chi connectivity index (χ1) is 13.1. The maximum Gasteiger partial charge on any atom is 0.259 e. The average molecular weight is 361 g/mol. The van der Waals surface area contributed by atoms with Gasteiger partial charge in [-0.2, -0.15) is 0 Å². The second-order valence-corrected chi connectivity index (χ2v) is 7.15. The second-order valence-electron chi connectivity index (χ2n) is 7.15. The van der Waals surface area contributed by atoms with Crippen molar-refractivity contribution >= 4 is 28.0 Å². The first-order valence-corrected chi connectivity index (χ1v) is 9.12. The highest BCUT2D eigenvalue weighted by Crippen LogP contribution is 2.40. The van der Waals surface area contributed by atoms with Crippen molar-refractivity contribution in [2.24, 2.45) is 0 Å². The number of aromatic amines is 1. The summed E-state index contributed by atoms with van der Waals surface area (Å²) >= 11 is 0. The Morgan fingerprint density at radius 1 is 1.30 bits per heavy atom. The Labute approximate surface area is 155 Å². The van der Waals surface area contributed by atoms with Crippen LogP contribution < -0.4 is 5.32 Å². The number of hydrogen-bond donors (Lipinski definition) is 2. The van der Waals surface area contributed by atoms with Crippen LogP contribution >= 0.6 is 0 Å². The minimum Gasteiger partial charge on any atom is -0.342 e. The molecule has 1 amide bonds. The molecule has 1 unspecified atom stereocenters. The number of imidazole rings is 1. The Kier molecular flexibility index (Phi) is 3.50. The van der Waals surface area contributed by atoms with E-state index in [1.807, 2.05) is 44.2 Å². The van der Waals surface area contributed by atoms with Crippen LogP contribution in [0.3, 0.4) is 0 Å². The number of benzene rings is 1. The van der Waals surface area contributed by atoms with Crippen molar-refractivity contribution in [2.75, 3.05) is 0 Å². The van der Waals surface area contributed by atoms with Gasteiger partial charge in [0.1, 0.15) is 5.82 Å². The van der Waals surface area contributed by atoms with Crippen LogP contribution in [0.5, 0.6) is 0 Å². The van der Waals surface area contributed by atoms with Crippen molar-refractivity contribution in [1.82, 2.24) is 25.4 Å². The molecule has 7 nitrogen and oxygen atoms in total. The molecule has 0 saturated heterocycles. The highest BCUT2D eigenvalue weighted by atomic mass is 16.5. The number of para-hydroxylation sites is 2. The Balaban J connectivity index is 1.49. The molecule has 1 saturated carbocycles. The van der Waals surface area contributed by atoms with Crippen molar-refractivity contribution in [3.63, 3.8) is 0 Å². The Morgan fingerprint density at radius 2 is 2.11 bits per heavy atom. The number of pyridine rings is 1. The molecule has 1 aromatic carbocycles. The van der Waals surface area contributed by atoms with Crippen molar-refractivity contribution < 1.29 is 9.32 Å². The maximum absolute atomic E-state index is 13.1. The van der Waals surface area contributed by atoms with Gasteiger partial charge in [0.2, 0.25) is 0 Å². The molecule has 7 heteroatoms. The van der Waals surface area contributed by atoms with Crippen molar-refractivity contribution in [3.05, 3.63) is 53.1 Å². The molecule has 1 aliphatic rings. The normalized spacial score (nSPS) is 15.3. The van der Waals surface area contributed by atoms with Gasteiger partial charge >= 0.3 is 0 Å². The predicted molar refractivity (Wildman–Crippen MR) is 100 cm³/mol. The topological polar surface area (TPSA) is 96.7 Å². The third-order valence-corrected chi connectivity index (χ3v) is 5.04. The lowest BCUT2D eigenvalue weighted by molar-refractivity contribution is 0.0940. The van der Waals surface area contributed by atoms with E-state index in [0.29, 0.717) is 28.3 Å². The molecule has 0 radical (unpaired) electrons. The van der Waals surface area contributed by atoms with Crippen LogP contribution in [-0.2, 0) is 0 Å². The number of amides is 1. The molecule has 27 heavy (non-hydrogen) atoms. The number of nitrogens with zero attached hydrogens (tertiary/aromatic N) is 3. The lowest BCUT2D eigenvalue weighted by Gasteiger charge is -2.12. The number of nitrogens with one attached hydrogen (secondary N) is 2. The minimum atomic E-state index is -0.266. The van der Waals surface area contributed by atoms with Gasteiger partial charge in [-0.05, 0) is 44.9 Å². The molecule has 1 fully saturated rings. The Morgan fingerprint density at radius 3 is 2.89 bits per heavy atom. The Hall–Kier alpha value is -3.22. The van der Waals surface area contributed by atoms with E-state index in [4.69, 9.17) is 4.52 Å². The van der Waals surface area contributed by atoms with E-state index >= 15 is 0 Å². The molecule has 0 spiro atoms. The van der Waals surface area contributed by atoms with E-state index in [0.717, 1.165) is 35.4 Å². The lowest BCUT2D eigenvalue weighted by Crippen LogP contribution is -2.27. The number of rotatable bonds is 4. The number of aryl methyl sites for hydroxylation is 1. The van der Waals surface area contributed by atoms with Gasteiger partial charge in [-0.3, -0.25) is 4.79 Å². The summed E-state index contributed by atoms with van der Waals surface area (Å²) in [7, 11) is 0. The van der Waals surface area contributed by atoms with Gasteiger partial charge in [0.05, 0.1) is 33.7 Å². The highest BCUT2D eigenvalue weighted by molar-refractivity contribution is 6.06. The SMILES string of the molecule is Cc1noc2nc(C3CC3)cc(C(=O)NC(C)c3nc4ccccc4[nH]3)c12. The fraction of sp³-hybridized carbons (Fsp3) is 0.300. The number of carbonyl (C=O) groups excluding carboxylic acids is 1. The van der Waals surface area contributed by atoms with Crippen LogP contribution in [0, 0.1) is 6.92 Å². The van der Waals surface area contributed by atoms with Gasteiger partial charge in [0.25, 0.3) is 11.6 Å². The molecular formula is C20H19N5O2. The van der Waals surface area contributed by atoms with Crippen molar-refractivity contribution in [3.8, 4) is 0 Å². The highest BCUT2D eigenvalue weighted by Gasteiger charge is 2.29. The first kappa shape index (κ1) is 16.0. The van der Waals surface area contributed by atoms with E-state index in [2.05, 4.69) is 25.4 Å². The molecule has 2 N–H and O–H groups in total. The van der Waals surface area contributed by atoms with Gasteiger partial charge in [-0.1, -0.05) is 17.3 Å². The summed E-state index contributed by atoms with van der Waals surface area (Å²) in [5, 5.41) is 7.70. The van der Waals surface area contributed by atoms with Crippen LogP contribution in [0.25, 0.3) is 22.1 Å². The molecule has 0 aliphatic heterocycles. The first-order valence-electron chi connectivity index (χ1n) is 9.12. The molecule has 136 valence electrons. The van der Waals surface area contributed by atoms with Crippen LogP contribution in [0.4, 0.5) is 0 Å². The third-order valence-electron chi connectivity index (χ3n) is 5.04. The lowest BCUT2D eigenvalue weighted by atomic mass is 10.1. The summed E-state index contributed by atoms with van der Waals surface area (Å²) in [4.78, 5) is 25.4. The van der Waals surface area contributed by atoms with Crippen LogP contribution in [0.2, 0.25) is 0 Å². The fourth-order valence-corrected chi connectivity index (χ4v) is 3.40. The number of hydrogen-bond acceptors (Lipinski definition) is 5. The third kappa shape index (κ3) is 2.75. The van der Waals surface area contributed by atoms with E-state index < -0.39 is 0 Å². The zero-order chi connectivity index (χ0) is 18.5. The summed E-state index contributed by atoms with van der Waals surface area (Å²) in [6.07, 6.45) is 2.20. The largest absolute Gasteiger partial charge is 0.342 e. The Bertz CT molecular complexity index is 1140. The molecule has 1 aliphatic carbocycles. The quantitative estimate of drug-likeness (QED) is 0.577. The summed E-state index contributed by atoms with van der Waals surface area (Å²) in [6.45, 7) is 3.74. The van der Waals surface area contributed by atoms with Crippen LogP contribution in [0.1, 0.15) is 59.3 Å². The van der Waals surface area contributed by atoms with E-state index in [1.54, 1.807) is 0 Å². The van der Waals surface area contributed by atoms with E-state index in [1.165, 1.54) is 0 Å². The molecule has 3 heterocycles. The zero-order valence-corrected chi connectivity index (χ0v) is 15.1. The average Bonchev–Trinajstić information content (AvgIpc) is 3.32. The summed E-state index contributed by atoms with van der Waals surface area (Å²) in [5.41, 5.74) is 4.39. The van der Waals surface area contributed by atoms with E-state index in [-0.39, 0.29) is 11.9 Å². The van der Waals surface area contributed by atoms with Gasteiger partial charge in [-0.25, -0.2) is 9.97 Å². The molecule has 0 bridgehead atoms. The maximum atomic E-state index is 13.1. The standard InChI is InChI=1S/C20H19N5O2/c1-10-17-13(9-16(12-7-8-12)24-20(17)27-25-10)19(26)21-11(2)18-22-14-5-3-4-6-15(14)23-18/h3-6,9,11-12H,7-8H2,1-2H3,(H,21,26)(H,22,23). The molecule has 3 aromatic heterocycles. The van der Waals surface area contributed by atoms with Crippen LogP contribution in [-0.4, -0.2) is 26.0 Å². The minimum absolute atomic E-state index is 0.177. The van der Waals surface area contributed by atoms with Gasteiger partial charge in [0, 0.05) is 11.6 Å². The van der Waals surface area contributed by atoms with Gasteiger partial charge in [-0.15, -0.1) is 0 Å². The van der Waals surface area contributed by atoms with Crippen molar-refractivity contribution in [1.29, 1.82) is 0 Å². The van der Waals surface area contributed by atoms with Crippen molar-refractivity contribution in [2.45, 2.75) is 38.6 Å². The van der Waals surface area contributed by atoms with Gasteiger partial charge < -0.3 is 14.8 Å². The second kappa shape index (κ2) is 5.90. The van der Waals surface area contributed by atoms with Crippen LogP contribution in [0.15, 0.2) is 34.9 Å². The predicted octanol–water partition coefficient (Wildman–Crippen LogP) is 3.78. The van der Waals surface area contributed by atoms with E-state index in [9.17, 15) is 4.79 Å². The smallest absolute Gasteiger partial charge is 0.259 e. The number of fused-ring (bicyclic) bond motifs is 2. The summed E-state index contributed by atoms with van der Waals surface area (Å²) < 4.78 is 5.33. The zero-order valence-electron chi connectivity index (χ0n) is 15.1. The summed E-state index contributed by atoms with van der Waals surface area (Å²) in [5.74, 6) is 0.960. The molecular weight excluding hydrogens is 342 g/mol. The van der Waals surface area contributed by atoms with Gasteiger partial charge in [0.15, 0.2) is 0 Å². The molecule has 5 rings (SSSR count).